The fraction of sp³-hybridized carbons (Fsp3) is 0.120. The summed E-state index contributed by atoms with van der Waals surface area (Å²) in [7, 11) is 1.65. The highest BCUT2D eigenvalue weighted by Crippen LogP contribution is 2.47. The molecule has 0 unspecified atom stereocenters. The maximum absolute atomic E-state index is 9.99. The molecule has 31 heavy (non-hydrogen) atoms. The first-order valence-electron chi connectivity index (χ1n) is 9.92. The third-order valence-corrected chi connectivity index (χ3v) is 5.68. The van der Waals surface area contributed by atoms with E-state index in [1.54, 1.807) is 11.8 Å². The summed E-state index contributed by atoms with van der Waals surface area (Å²) in [5.41, 5.74) is 10.1. The van der Waals surface area contributed by atoms with Gasteiger partial charge in [0.15, 0.2) is 0 Å². The standard InChI is InChI=1S/C25H20N4O2/c1-15-22-23(19-12-13-21(30-2)18-11-7-6-10-17(18)19)20(14-26)24(27)31-25(22)29(28-15)16-8-4-3-5-9-16/h3-13,23H,27H2,1-2H3/t23-/m1/s1. The SMILES string of the molecule is COc1ccc([C@@H]2C(C#N)=C(N)Oc3c2c(C)nn3-c2ccccc2)c2ccccc12. The van der Waals surface area contributed by atoms with Crippen molar-refractivity contribution < 1.29 is 9.47 Å². The molecule has 2 heterocycles. The van der Waals surface area contributed by atoms with Gasteiger partial charge in [-0.3, -0.25) is 0 Å². The second-order valence-electron chi connectivity index (χ2n) is 7.38. The summed E-state index contributed by atoms with van der Waals surface area (Å²) in [6.45, 7) is 1.93. The lowest BCUT2D eigenvalue weighted by atomic mass is 9.82. The zero-order chi connectivity index (χ0) is 21.5. The Balaban J connectivity index is 1.81. The van der Waals surface area contributed by atoms with Gasteiger partial charge in [-0.2, -0.15) is 10.4 Å². The smallest absolute Gasteiger partial charge is 0.229 e. The van der Waals surface area contributed by atoms with Crippen LogP contribution >= 0.6 is 0 Å². The van der Waals surface area contributed by atoms with Gasteiger partial charge in [-0.15, -0.1) is 0 Å². The number of nitrogens with zero attached hydrogens (tertiary/aromatic N) is 3. The largest absolute Gasteiger partial charge is 0.496 e. The highest BCUT2D eigenvalue weighted by Gasteiger charge is 2.37. The van der Waals surface area contributed by atoms with E-state index in [-0.39, 0.29) is 5.88 Å². The number of hydrogen-bond acceptors (Lipinski definition) is 5. The molecule has 0 saturated heterocycles. The lowest BCUT2D eigenvalue weighted by Gasteiger charge is -2.26. The van der Waals surface area contributed by atoms with Gasteiger partial charge in [0, 0.05) is 5.39 Å². The van der Waals surface area contributed by atoms with Crippen LogP contribution in [0.1, 0.15) is 22.7 Å². The molecule has 0 amide bonds. The van der Waals surface area contributed by atoms with Crippen molar-refractivity contribution in [1.29, 1.82) is 5.26 Å². The Morgan fingerprint density at radius 3 is 2.45 bits per heavy atom. The summed E-state index contributed by atoms with van der Waals surface area (Å²) in [4.78, 5) is 0. The van der Waals surface area contributed by atoms with Crippen LogP contribution in [0.5, 0.6) is 11.6 Å². The summed E-state index contributed by atoms with van der Waals surface area (Å²) in [6, 6.07) is 23.9. The third kappa shape index (κ3) is 2.82. The average Bonchev–Trinajstić information content (AvgIpc) is 3.14. The molecule has 4 aromatic rings. The summed E-state index contributed by atoms with van der Waals surface area (Å²) < 4.78 is 13.3. The van der Waals surface area contributed by atoms with E-state index < -0.39 is 5.92 Å². The van der Waals surface area contributed by atoms with Crippen LogP contribution in [0.3, 0.4) is 0 Å². The van der Waals surface area contributed by atoms with Crippen molar-refractivity contribution in [3.8, 4) is 23.4 Å². The Morgan fingerprint density at radius 1 is 1.03 bits per heavy atom. The fourth-order valence-corrected chi connectivity index (χ4v) is 4.29. The molecule has 1 aromatic heterocycles. The Morgan fingerprint density at radius 2 is 1.74 bits per heavy atom. The first kappa shape index (κ1) is 18.8. The highest BCUT2D eigenvalue weighted by atomic mass is 16.5. The normalized spacial score (nSPS) is 15.3. The quantitative estimate of drug-likeness (QED) is 0.537. The number of para-hydroxylation sites is 1. The van der Waals surface area contributed by atoms with Gasteiger partial charge in [0.05, 0.1) is 30.0 Å². The van der Waals surface area contributed by atoms with E-state index in [1.165, 1.54) is 0 Å². The Bertz CT molecular complexity index is 1380. The average molecular weight is 408 g/mol. The van der Waals surface area contributed by atoms with Crippen molar-refractivity contribution in [2.75, 3.05) is 7.11 Å². The highest BCUT2D eigenvalue weighted by molar-refractivity contribution is 5.92. The van der Waals surface area contributed by atoms with Crippen LogP contribution < -0.4 is 15.2 Å². The number of methoxy groups -OCH3 is 1. The van der Waals surface area contributed by atoms with Gasteiger partial charge in [-0.25, -0.2) is 4.68 Å². The molecule has 1 atom stereocenters. The van der Waals surface area contributed by atoms with Crippen molar-refractivity contribution >= 4 is 10.8 Å². The van der Waals surface area contributed by atoms with Gasteiger partial charge >= 0.3 is 0 Å². The maximum Gasteiger partial charge on any atom is 0.229 e. The number of rotatable bonds is 3. The van der Waals surface area contributed by atoms with Crippen LogP contribution in [0, 0.1) is 18.3 Å². The number of fused-ring (bicyclic) bond motifs is 2. The summed E-state index contributed by atoms with van der Waals surface area (Å²) in [5, 5.41) is 16.7. The second-order valence-corrected chi connectivity index (χ2v) is 7.38. The predicted octanol–water partition coefficient (Wildman–Crippen LogP) is 4.56. The molecule has 5 rings (SSSR count). The third-order valence-electron chi connectivity index (χ3n) is 5.68. The number of nitrogens with two attached hydrogens (primary N) is 1. The molecule has 0 fully saturated rings. The summed E-state index contributed by atoms with van der Waals surface area (Å²) in [5.74, 6) is 1.00. The molecule has 0 saturated carbocycles. The number of benzene rings is 3. The van der Waals surface area contributed by atoms with Crippen LogP contribution in [0.15, 0.2) is 78.2 Å². The van der Waals surface area contributed by atoms with E-state index in [0.29, 0.717) is 11.5 Å². The zero-order valence-electron chi connectivity index (χ0n) is 17.2. The molecular weight excluding hydrogens is 388 g/mol. The van der Waals surface area contributed by atoms with Gasteiger partial charge in [-0.1, -0.05) is 48.5 Å². The molecule has 2 N–H and O–H groups in total. The Kier molecular flexibility index (Phi) is 4.37. The second kappa shape index (κ2) is 7.22. The van der Waals surface area contributed by atoms with E-state index in [0.717, 1.165) is 39.0 Å². The number of allylic oxidation sites excluding steroid dienone is 1. The fourth-order valence-electron chi connectivity index (χ4n) is 4.29. The Labute approximate surface area is 179 Å². The molecule has 1 aliphatic rings. The summed E-state index contributed by atoms with van der Waals surface area (Å²) >= 11 is 0. The first-order valence-corrected chi connectivity index (χ1v) is 9.92. The molecule has 0 radical (unpaired) electrons. The van der Waals surface area contributed by atoms with Crippen LogP contribution in [0.25, 0.3) is 16.5 Å². The van der Waals surface area contributed by atoms with Crippen LogP contribution in [-0.2, 0) is 0 Å². The van der Waals surface area contributed by atoms with Gasteiger partial charge in [0.2, 0.25) is 11.8 Å². The van der Waals surface area contributed by atoms with Crippen LogP contribution in [0.2, 0.25) is 0 Å². The topological polar surface area (TPSA) is 86.1 Å². The van der Waals surface area contributed by atoms with Gasteiger partial charge in [0.1, 0.15) is 17.4 Å². The minimum Gasteiger partial charge on any atom is -0.496 e. The van der Waals surface area contributed by atoms with E-state index in [9.17, 15) is 5.26 Å². The number of nitriles is 1. The maximum atomic E-state index is 9.99. The van der Waals surface area contributed by atoms with Crippen molar-refractivity contribution in [1.82, 2.24) is 9.78 Å². The van der Waals surface area contributed by atoms with E-state index in [1.807, 2.05) is 73.7 Å². The van der Waals surface area contributed by atoms with Crippen molar-refractivity contribution in [2.45, 2.75) is 12.8 Å². The van der Waals surface area contributed by atoms with Crippen LogP contribution in [0.4, 0.5) is 0 Å². The zero-order valence-corrected chi connectivity index (χ0v) is 17.2. The predicted molar refractivity (Wildman–Crippen MR) is 118 cm³/mol. The molecule has 152 valence electrons. The Hall–Kier alpha value is -4.24. The van der Waals surface area contributed by atoms with Gasteiger partial charge in [-0.05, 0) is 36.1 Å². The van der Waals surface area contributed by atoms with E-state index in [2.05, 4.69) is 6.07 Å². The molecule has 0 bridgehead atoms. The molecule has 0 spiro atoms. The van der Waals surface area contributed by atoms with Crippen molar-refractivity contribution in [3.05, 3.63) is 95.0 Å². The number of aromatic nitrogens is 2. The molecule has 3 aromatic carbocycles. The first-order chi connectivity index (χ1) is 15.1. The minimum absolute atomic E-state index is 0.0944. The molecule has 1 aliphatic heterocycles. The molecule has 6 nitrogen and oxygen atoms in total. The summed E-state index contributed by atoms with van der Waals surface area (Å²) in [6.07, 6.45) is 0. The number of hydrogen-bond donors (Lipinski definition) is 1. The van der Waals surface area contributed by atoms with Crippen molar-refractivity contribution in [3.63, 3.8) is 0 Å². The van der Waals surface area contributed by atoms with Crippen LogP contribution in [-0.4, -0.2) is 16.9 Å². The van der Waals surface area contributed by atoms with Gasteiger partial charge < -0.3 is 15.2 Å². The molecular formula is C25H20N4O2. The van der Waals surface area contributed by atoms with E-state index in [4.69, 9.17) is 20.3 Å². The van der Waals surface area contributed by atoms with Gasteiger partial charge in [0.25, 0.3) is 0 Å². The monoisotopic (exact) mass is 408 g/mol. The number of aryl methyl sites for hydroxylation is 1. The lowest BCUT2D eigenvalue weighted by Crippen LogP contribution is -2.22. The minimum atomic E-state index is -0.401. The molecule has 6 heteroatoms. The van der Waals surface area contributed by atoms with E-state index >= 15 is 0 Å². The number of ether oxygens (including phenoxy) is 2. The lowest BCUT2D eigenvalue weighted by molar-refractivity contribution is 0.367. The van der Waals surface area contributed by atoms with Crippen molar-refractivity contribution in [2.24, 2.45) is 5.73 Å². The molecule has 0 aliphatic carbocycles.